The van der Waals surface area contributed by atoms with Gasteiger partial charge in [0.25, 0.3) is 0 Å². The highest BCUT2D eigenvalue weighted by Crippen LogP contribution is 2.27. The van der Waals surface area contributed by atoms with E-state index in [1.165, 1.54) is 30.3 Å². The number of nitrogens with zero attached hydrogens (tertiary/aromatic N) is 2. The van der Waals surface area contributed by atoms with Gasteiger partial charge in [-0.25, -0.2) is 9.18 Å². The Morgan fingerprint density at radius 1 is 1.20 bits per heavy atom. The van der Waals surface area contributed by atoms with Gasteiger partial charge in [-0.15, -0.1) is 0 Å². The molecule has 0 aliphatic heterocycles. The molecule has 0 saturated heterocycles. The summed E-state index contributed by atoms with van der Waals surface area (Å²) >= 11 is 0. The summed E-state index contributed by atoms with van der Waals surface area (Å²) in [5.41, 5.74) is 0.801. The van der Waals surface area contributed by atoms with Crippen molar-refractivity contribution >= 4 is 11.7 Å². The van der Waals surface area contributed by atoms with E-state index in [1.807, 2.05) is 0 Å². The second-order valence-electron chi connectivity index (χ2n) is 4.45. The molecule has 1 N–H and O–H groups in total. The third kappa shape index (κ3) is 2.40. The number of aromatic carboxylic acids is 1. The highest BCUT2D eigenvalue weighted by molar-refractivity contribution is 5.85. The molecule has 5 nitrogen and oxygen atoms in total. The molecule has 0 saturated carbocycles. The lowest BCUT2D eigenvalue weighted by atomic mass is 10.1. The highest BCUT2D eigenvalue weighted by atomic mass is 19.1. The van der Waals surface area contributed by atoms with Gasteiger partial charge < -0.3 is 15.2 Å². The predicted octanol–water partition coefficient (Wildman–Crippen LogP) is 1.89. The normalized spacial score (nSPS) is 10.3. The van der Waals surface area contributed by atoms with E-state index in [9.17, 15) is 14.4 Å². The summed E-state index contributed by atoms with van der Waals surface area (Å²) in [4.78, 5) is 12.7. The number of rotatable bonds is 3. The molecule has 0 unspecified atom stereocenters. The largest absolute Gasteiger partial charge is 0.618 e. The first-order valence-electron chi connectivity index (χ1n) is 5.85. The maximum absolute atomic E-state index is 13.0. The third-order valence-corrected chi connectivity index (χ3v) is 2.88. The van der Waals surface area contributed by atoms with Crippen molar-refractivity contribution in [2.75, 3.05) is 19.0 Å². The Balaban J connectivity index is 2.73. The van der Waals surface area contributed by atoms with Crippen LogP contribution in [0.4, 0.5) is 10.1 Å². The number of benzene rings is 1. The van der Waals surface area contributed by atoms with E-state index in [4.69, 9.17) is 5.11 Å². The fraction of sp³-hybridized carbons (Fsp3) is 0.143. The number of carbonyl (C=O) groups is 1. The quantitative estimate of drug-likeness (QED) is 0.686. The van der Waals surface area contributed by atoms with Gasteiger partial charge in [0.15, 0.2) is 0 Å². The zero-order chi connectivity index (χ0) is 14.9. The van der Waals surface area contributed by atoms with Crippen LogP contribution in [0.5, 0.6) is 0 Å². The zero-order valence-corrected chi connectivity index (χ0v) is 11.0. The monoisotopic (exact) mass is 276 g/mol. The van der Waals surface area contributed by atoms with E-state index < -0.39 is 11.8 Å². The number of hydrogen-bond donors (Lipinski definition) is 1. The van der Waals surface area contributed by atoms with Gasteiger partial charge in [-0.2, -0.15) is 4.73 Å². The average molecular weight is 276 g/mol. The molecule has 20 heavy (non-hydrogen) atoms. The van der Waals surface area contributed by atoms with Crippen LogP contribution in [-0.4, -0.2) is 25.2 Å². The molecule has 0 atom stereocenters. The number of halogens is 1. The van der Waals surface area contributed by atoms with Gasteiger partial charge in [-0.05, 0) is 30.3 Å². The lowest BCUT2D eigenvalue weighted by Gasteiger charge is -2.17. The molecule has 2 aromatic rings. The van der Waals surface area contributed by atoms with E-state index in [2.05, 4.69) is 0 Å². The van der Waals surface area contributed by atoms with E-state index in [0.717, 1.165) is 0 Å². The van der Waals surface area contributed by atoms with E-state index >= 15 is 0 Å². The molecule has 104 valence electrons. The summed E-state index contributed by atoms with van der Waals surface area (Å²) in [6.07, 6.45) is 0. The molecule has 0 amide bonds. The van der Waals surface area contributed by atoms with E-state index in [0.29, 0.717) is 16.0 Å². The standard InChI is InChI=1S/C14H13FN2O3/c1-16(2)11-7-8-12(14(18)19)17(20)13(11)9-3-5-10(15)6-4-9/h3-8H,1-2H3,(H,18,19). The van der Waals surface area contributed by atoms with Crippen LogP contribution in [0.3, 0.4) is 0 Å². The molecule has 1 heterocycles. The van der Waals surface area contributed by atoms with Gasteiger partial charge in [-0.1, -0.05) is 0 Å². The summed E-state index contributed by atoms with van der Waals surface area (Å²) in [5.74, 6) is -1.74. The van der Waals surface area contributed by atoms with Gasteiger partial charge in [0.1, 0.15) is 11.5 Å². The number of anilines is 1. The van der Waals surface area contributed by atoms with Crippen LogP contribution in [0.2, 0.25) is 0 Å². The second-order valence-corrected chi connectivity index (χ2v) is 4.45. The molecule has 0 spiro atoms. The summed E-state index contributed by atoms with van der Waals surface area (Å²) in [7, 11) is 3.48. The van der Waals surface area contributed by atoms with Crippen LogP contribution in [0.15, 0.2) is 36.4 Å². The minimum absolute atomic E-state index is 0.176. The van der Waals surface area contributed by atoms with Crippen molar-refractivity contribution in [3.8, 4) is 11.3 Å². The van der Waals surface area contributed by atoms with Crippen molar-refractivity contribution in [3.63, 3.8) is 0 Å². The maximum Gasteiger partial charge on any atom is 0.402 e. The van der Waals surface area contributed by atoms with Crippen molar-refractivity contribution in [3.05, 3.63) is 53.1 Å². The Morgan fingerprint density at radius 2 is 1.80 bits per heavy atom. The van der Waals surface area contributed by atoms with Gasteiger partial charge >= 0.3 is 11.7 Å². The first-order valence-corrected chi connectivity index (χ1v) is 5.85. The van der Waals surface area contributed by atoms with Crippen LogP contribution in [-0.2, 0) is 0 Å². The van der Waals surface area contributed by atoms with Crippen LogP contribution < -0.4 is 9.63 Å². The summed E-state index contributed by atoms with van der Waals surface area (Å²) in [6, 6.07) is 8.13. The van der Waals surface area contributed by atoms with Crippen molar-refractivity contribution in [1.29, 1.82) is 0 Å². The van der Waals surface area contributed by atoms with Crippen molar-refractivity contribution in [1.82, 2.24) is 0 Å². The first-order chi connectivity index (χ1) is 9.41. The Hall–Kier alpha value is -2.63. The Morgan fingerprint density at radius 3 is 2.30 bits per heavy atom. The molecular weight excluding hydrogens is 263 g/mol. The zero-order valence-electron chi connectivity index (χ0n) is 11.0. The van der Waals surface area contributed by atoms with Crippen molar-refractivity contribution < 1.29 is 19.0 Å². The molecule has 0 aliphatic rings. The summed E-state index contributed by atoms with van der Waals surface area (Å²) in [5, 5.41) is 21.3. The highest BCUT2D eigenvalue weighted by Gasteiger charge is 2.24. The van der Waals surface area contributed by atoms with Gasteiger partial charge in [0.05, 0.1) is 0 Å². The average Bonchev–Trinajstić information content (AvgIpc) is 2.39. The smallest absolute Gasteiger partial charge is 0.402 e. The molecule has 0 fully saturated rings. The van der Waals surface area contributed by atoms with Crippen LogP contribution in [0.25, 0.3) is 11.3 Å². The second kappa shape index (κ2) is 5.16. The predicted molar refractivity (Wildman–Crippen MR) is 72.1 cm³/mol. The minimum Gasteiger partial charge on any atom is -0.618 e. The molecule has 0 radical (unpaired) electrons. The number of aromatic nitrogens is 1. The fourth-order valence-electron chi connectivity index (χ4n) is 1.92. The molecule has 0 bridgehead atoms. The first kappa shape index (κ1) is 13.8. The Bertz CT molecular complexity index is 654. The summed E-state index contributed by atoms with van der Waals surface area (Å²) < 4.78 is 13.3. The number of hydrogen-bond acceptors (Lipinski definition) is 3. The topological polar surface area (TPSA) is 67.5 Å². The number of carboxylic acids is 1. The molecular formula is C14H13FN2O3. The lowest BCUT2D eigenvalue weighted by molar-refractivity contribution is -0.596. The Labute approximate surface area is 115 Å². The minimum atomic E-state index is -1.31. The van der Waals surface area contributed by atoms with Crippen molar-refractivity contribution in [2.24, 2.45) is 0 Å². The molecule has 2 rings (SSSR count). The van der Waals surface area contributed by atoms with E-state index in [1.54, 1.807) is 25.1 Å². The van der Waals surface area contributed by atoms with Crippen LogP contribution >= 0.6 is 0 Å². The SMILES string of the molecule is CN(C)c1ccc(C(=O)O)[n+]([O-])c1-c1ccc(F)cc1. The molecule has 1 aromatic carbocycles. The number of carboxylic acid groups (broad SMARTS) is 1. The van der Waals surface area contributed by atoms with Gasteiger partial charge in [-0.3, -0.25) is 0 Å². The number of pyridine rings is 1. The van der Waals surface area contributed by atoms with Crippen molar-refractivity contribution in [2.45, 2.75) is 0 Å². The van der Waals surface area contributed by atoms with Gasteiger partial charge in [0, 0.05) is 25.7 Å². The van der Waals surface area contributed by atoms with Crippen LogP contribution in [0, 0.1) is 11.0 Å². The summed E-state index contributed by atoms with van der Waals surface area (Å²) in [6.45, 7) is 0. The Kier molecular flexibility index (Phi) is 3.56. The molecule has 1 aromatic heterocycles. The maximum atomic E-state index is 13.0. The van der Waals surface area contributed by atoms with E-state index in [-0.39, 0.29) is 11.4 Å². The van der Waals surface area contributed by atoms with Crippen LogP contribution in [0.1, 0.15) is 10.5 Å². The molecule has 0 aliphatic carbocycles. The third-order valence-electron chi connectivity index (χ3n) is 2.88. The fourth-order valence-corrected chi connectivity index (χ4v) is 1.92. The molecule has 6 heteroatoms. The lowest BCUT2D eigenvalue weighted by Crippen LogP contribution is -2.38. The van der Waals surface area contributed by atoms with Gasteiger partial charge in [0.2, 0.25) is 5.69 Å².